The highest BCUT2D eigenvalue weighted by atomic mass is 16.6. The minimum Gasteiger partial charge on any atom is -0.480 e. The number of unbranched alkanes of at least 4 members (excludes halogenated alkanes) is 1. The molecule has 6 rings (SSSR count). The summed E-state index contributed by atoms with van der Waals surface area (Å²) in [5.74, 6) is -1.25. The largest absolute Gasteiger partial charge is 0.480 e. The predicted octanol–water partition coefficient (Wildman–Crippen LogP) is 8.07. The quantitative estimate of drug-likeness (QED) is 0.102. The molecule has 0 fully saturated rings. The second kappa shape index (κ2) is 14.5. The minimum atomic E-state index is -1.31. The van der Waals surface area contributed by atoms with Crippen LogP contribution in [0.5, 0.6) is 0 Å². The van der Waals surface area contributed by atoms with E-state index in [1.165, 1.54) is 4.90 Å². The highest BCUT2D eigenvalue weighted by molar-refractivity contribution is 5.83. The molecule has 5 aromatic rings. The van der Waals surface area contributed by atoms with Gasteiger partial charge in [-0.3, -0.25) is 4.90 Å². The molecule has 0 heterocycles. The third-order valence-electron chi connectivity index (χ3n) is 9.22. The fourth-order valence-electron chi connectivity index (χ4n) is 7.12. The predicted molar refractivity (Wildman–Crippen MR) is 185 cm³/mol. The molecule has 1 unspecified atom stereocenters. The molecule has 0 bridgehead atoms. The Morgan fingerprint density at radius 3 is 1.60 bits per heavy atom. The Kier molecular flexibility index (Phi) is 9.79. The molecular formula is C41H40N2O4. The lowest BCUT2D eigenvalue weighted by atomic mass is 9.74. The summed E-state index contributed by atoms with van der Waals surface area (Å²) < 4.78 is 6.34. The number of amides is 1. The van der Waals surface area contributed by atoms with Gasteiger partial charge in [0.1, 0.15) is 18.2 Å². The van der Waals surface area contributed by atoms with E-state index in [1.807, 2.05) is 122 Å². The summed E-state index contributed by atoms with van der Waals surface area (Å²) in [5, 5.41) is 14.1. The molecule has 5 aromatic carbocycles. The average molecular weight is 625 g/mol. The first kappa shape index (κ1) is 31.8. The van der Waals surface area contributed by atoms with Crippen LogP contribution in [0.1, 0.15) is 53.0 Å². The van der Waals surface area contributed by atoms with Crippen molar-refractivity contribution in [2.75, 3.05) is 20.2 Å². The van der Waals surface area contributed by atoms with Crippen molar-refractivity contribution < 1.29 is 19.4 Å². The van der Waals surface area contributed by atoms with Crippen LogP contribution in [0.15, 0.2) is 140 Å². The molecule has 6 heteroatoms. The van der Waals surface area contributed by atoms with Gasteiger partial charge in [-0.1, -0.05) is 140 Å². The van der Waals surface area contributed by atoms with Crippen LogP contribution in [0, 0.1) is 0 Å². The third kappa shape index (κ3) is 6.17. The van der Waals surface area contributed by atoms with E-state index < -0.39 is 23.6 Å². The van der Waals surface area contributed by atoms with Gasteiger partial charge in [-0.05, 0) is 71.8 Å². The van der Waals surface area contributed by atoms with Gasteiger partial charge < -0.3 is 15.2 Å². The van der Waals surface area contributed by atoms with Crippen LogP contribution in [0.3, 0.4) is 0 Å². The molecule has 238 valence electrons. The number of ether oxygens (including phenoxy) is 1. The summed E-state index contributed by atoms with van der Waals surface area (Å²) in [4.78, 5) is 29.8. The van der Waals surface area contributed by atoms with Gasteiger partial charge in [0.15, 0.2) is 0 Å². The van der Waals surface area contributed by atoms with Gasteiger partial charge in [-0.2, -0.15) is 0 Å². The van der Waals surface area contributed by atoms with Crippen molar-refractivity contribution in [3.63, 3.8) is 0 Å². The highest BCUT2D eigenvalue weighted by Gasteiger charge is 2.50. The number of carboxylic acids is 1. The second-order valence-corrected chi connectivity index (χ2v) is 11.9. The summed E-state index contributed by atoms with van der Waals surface area (Å²) in [6, 6.07) is 44.3. The highest BCUT2D eigenvalue weighted by Crippen LogP contribution is 2.47. The Morgan fingerprint density at radius 1 is 0.702 bits per heavy atom. The SMILES string of the molecule is CNCCCCC(C(=O)O)N(C(=O)OCC1c2ccccc2-c2ccccc21)C(c1ccccc1)(c1ccccc1)c1ccccc1. The van der Waals surface area contributed by atoms with Crippen molar-refractivity contribution in [1.29, 1.82) is 0 Å². The zero-order valence-corrected chi connectivity index (χ0v) is 26.6. The monoisotopic (exact) mass is 624 g/mol. The van der Waals surface area contributed by atoms with E-state index in [2.05, 4.69) is 29.6 Å². The van der Waals surface area contributed by atoms with Crippen molar-refractivity contribution in [2.45, 2.75) is 36.8 Å². The van der Waals surface area contributed by atoms with E-state index >= 15 is 0 Å². The zero-order valence-electron chi connectivity index (χ0n) is 26.6. The summed E-state index contributed by atoms with van der Waals surface area (Å²) in [5.41, 5.74) is 5.44. The zero-order chi connectivity index (χ0) is 32.6. The maximum atomic E-state index is 15.0. The van der Waals surface area contributed by atoms with Crippen LogP contribution in [0.2, 0.25) is 0 Å². The molecule has 0 spiro atoms. The van der Waals surface area contributed by atoms with Gasteiger partial charge in [-0.15, -0.1) is 0 Å². The van der Waals surface area contributed by atoms with E-state index in [0.29, 0.717) is 6.42 Å². The maximum absolute atomic E-state index is 15.0. The van der Waals surface area contributed by atoms with Crippen molar-refractivity contribution in [3.05, 3.63) is 167 Å². The number of fused-ring (bicyclic) bond motifs is 3. The lowest BCUT2D eigenvalue weighted by Crippen LogP contribution is -2.58. The lowest BCUT2D eigenvalue weighted by molar-refractivity contribution is -0.144. The van der Waals surface area contributed by atoms with Gasteiger partial charge in [0.2, 0.25) is 0 Å². The Hall–Kier alpha value is -5.20. The van der Waals surface area contributed by atoms with Crippen LogP contribution < -0.4 is 5.32 Å². The van der Waals surface area contributed by atoms with Crippen LogP contribution in [0.4, 0.5) is 4.79 Å². The molecule has 0 radical (unpaired) electrons. The van der Waals surface area contributed by atoms with Gasteiger partial charge in [0.25, 0.3) is 0 Å². The molecule has 1 aliphatic carbocycles. The van der Waals surface area contributed by atoms with Crippen molar-refractivity contribution in [3.8, 4) is 11.1 Å². The third-order valence-corrected chi connectivity index (χ3v) is 9.22. The molecule has 1 amide bonds. The van der Waals surface area contributed by atoms with Crippen LogP contribution in [0.25, 0.3) is 11.1 Å². The molecule has 0 aliphatic heterocycles. The lowest BCUT2D eigenvalue weighted by Gasteiger charge is -2.47. The van der Waals surface area contributed by atoms with Gasteiger partial charge in [0, 0.05) is 5.92 Å². The summed E-state index contributed by atoms with van der Waals surface area (Å²) in [7, 11) is 1.88. The normalized spacial score (nSPS) is 13.0. The Morgan fingerprint density at radius 2 is 1.15 bits per heavy atom. The van der Waals surface area contributed by atoms with Crippen molar-refractivity contribution in [1.82, 2.24) is 10.2 Å². The van der Waals surface area contributed by atoms with Crippen LogP contribution in [-0.4, -0.2) is 48.3 Å². The summed E-state index contributed by atoms with van der Waals surface area (Å²) in [6.45, 7) is 0.822. The van der Waals surface area contributed by atoms with E-state index in [-0.39, 0.29) is 18.9 Å². The van der Waals surface area contributed by atoms with Crippen LogP contribution >= 0.6 is 0 Å². The van der Waals surface area contributed by atoms with Crippen LogP contribution in [-0.2, 0) is 15.1 Å². The number of carboxylic acid groups (broad SMARTS) is 1. The summed E-state index contributed by atoms with van der Waals surface area (Å²) in [6.07, 6.45) is 0.965. The van der Waals surface area contributed by atoms with Gasteiger partial charge in [0.05, 0.1) is 0 Å². The smallest absolute Gasteiger partial charge is 0.411 e. The first-order chi connectivity index (χ1) is 23.1. The molecule has 0 aromatic heterocycles. The van der Waals surface area contributed by atoms with Crippen molar-refractivity contribution >= 4 is 12.1 Å². The van der Waals surface area contributed by atoms with E-state index in [4.69, 9.17) is 4.74 Å². The molecule has 0 saturated carbocycles. The topological polar surface area (TPSA) is 78.9 Å². The standard InChI is InChI=1S/C41H40N2O4/c1-42-28-16-15-27-38(39(44)45)43(40(46)47-29-37-35-25-13-11-23-33(35)34-24-12-14-26-36(34)37)41(30-17-5-2-6-18-30,31-19-7-3-8-20-31)32-21-9-4-10-22-32/h2-14,17-26,37-38,42H,15-16,27-29H2,1H3,(H,44,45). The minimum absolute atomic E-state index is 0.0733. The number of aliphatic carboxylic acids is 1. The molecule has 47 heavy (non-hydrogen) atoms. The molecular weight excluding hydrogens is 584 g/mol. The summed E-state index contributed by atoms with van der Waals surface area (Å²) >= 11 is 0. The van der Waals surface area contributed by atoms with Gasteiger partial charge in [-0.25, -0.2) is 9.59 Å². The number of benzene rings is 5. The number of hydrogen-bond donors (Lipinski definition) is 2. The molecule has 6 nitrogen and oxygen atoms in total. The Labute approximate surface area is 276 Å². The molecule has 1 atom stereocenters. The van der Waals surface area contributed by atoms with Crippen molar-refractivity contribution in [2.24, 2.45) is 0 Å². The number of carbonyl (C=O) groups excluding carboxylic acids is 1. The number of rotatable bonds is 13. The fraction of sp³-hybridized carbons (Fsp3) is 0.220. The Bertz CT molecular complexity index is 1650. The molecule has 1 aliphatic rings. The van der Waals surface area contributed by atoms with E-state index in [0.717, 1.165) is 51.9 Å². The van der Waals surface area contributed by atoms with E-state index in [9.17, 15) is 14.7 Å². The molecule has 2 N–H and O–H groups in total. The number of carbonyl (C=O) groups is 2. The molecule has 0 saturated heterocycles. The fourth-order valence-corrected chi connectivity index (χ4v) is 7.12. The van der Waals surface area contributed by atoms with Gasteiger partial charge >= 0.3 is 12.1 Å². The second-order valence-electron chi connectivity index (χ2n) is 11.9. The van der Waals surface area contributed by atoms with E-state index in [1.54, 1.807) is 0 Å². The average Bonchev–Trinajstić information content (AvgIpc) is 3.44. The first-order valence-corrected chi connectivity index (χ1v) is 16.3. The first-order valence-electron chi connectivity index (χ1n) is 16.3. The number of nitrogens with one attached hydrogen (secondary N) is 1. The number of hydrogen-bond acceptors (Lipinski definition) is 4. The maximum Gasteiger partial charge on any atom is 0.411 e. The number of nitrogens with zero attached hydrogens (tertiary/aromatic N) is 1. The Balaban J connectivity index is 1.51.